The van der Waals surface area contributed by atoms with Crippen molar-refractivity contribution in [1.29, 1.82) is 0 Å². The number of alkyl halides is 1. The van der Waals surface area contributed by atoms with Crippen molar-refractivity contribution >= 4 is 11.8 Å². The number of hydrogen-bond donors (Lipinski definition) is 1. The average Bonchev–Trinajstić information content (AvgIpc) is 3.35. The first-order chi connectivity index (χ1) is 10.4. The van der Waals surface area contributed by atoms with Crippen LogP contribution in [0.25, 0.3) is 0 Å². The average molecular weight is 306 g/mol. The van der Waals surface area contributed by atoms with E-state index in [1.54, 1.807) is 6.07 Å². The van der Waals surface area contributed by atoms with Gasteiger partial charge in [-0.05, 0) is 30.9 Å². The summed E-state index contributed by atoms with van der Waals surface area (Å²) >= 11 is 0. The van der Waals surface area contributed by atoms with Gasteiger partial charge < -0.3 is 10.6 Å². The van der Waals surface area contributed by atoms with Gasteiger partial charge in [-0.1, -0.05) is 6.07 Å². The van der Waals surface area contributed by atoms with Crippen molar-refractivity contribution in [1.82, 2.24) is 4.90 Å². The Bertz CT molecular complexity index is 700. The molecule has 1 aromatic carbocycles. The minimum atomic E-state index is -0.978. The maximum Gasteiger partial charge on any atom is 0.254 e. The van der Waals surface area contributed by atoms with Gasteiger partial charge in [0.15, 0.2) is 0 Å². The number of fused-ring (bicyclic) bond motifs is 2. The summed E-state index contributed by atoms with van der Waals surface area (Å²) in [6, 6.07) is 3.09. The van der Waals surface area contributed by atoms with E-state index in [9.17, 15) is 18.4 Å². The van der Waals surface area contributed by atoms with Gasteiger partial charge >= 0.3 is 0 Å². The number of amides is 2. The van der Waals surface area contributed by atoms with Crippen LogP contribution in [0.2, 0.25) is 0 Å². The van der Waals surface area contributed by atoms with Gasteiger partial charge in [0.1, 0.15) is 12.0 Å². The number of rotatable bonds is 3. The monoisotopic (exact) mass is 306 g/mol. The van der Waals surface area contributed by atoms with Crippen LogP contribution in [0.4, 0.5) is 8.78 Å². The molecule has 4 nitrogen and oxygen atoms in total. The van der Waals surface area contributed by atoms with Crippen molar-refractivity contribution in [3.8, 4) is 0 Å². The number of primary amides is 1. The number of nitrogens with zero attached hydrogens (tertiary/aromatic N) is 1. The zero-order valence-corrected chi connectivity index (χ0v) is 11.9. The molecule has 6 heteroatoms. The predicted molar refractivity (Wildman–Crippen MR) is 74.7 cm³/mol. The summed E-state index contributed by atoms with van der Waals surface area (Å²) in [7, 11) is 0. The molecule has 2 N–H and O–H groups in total. The first kappa shape index (κ1) is 13.7. The minimum Gasteiger partial charge on any atom is -0.368 e. The fraction of sp³-hybridized carbons (Fsp3) is 0.500. The second kappa shape index (κ2) is 4.27. The Kier molecular flexibility index (Phi) is 2.65. The van der Waals surface area contributed by atoms with E-state index in [4.69, 9.17) is 5.73 Å². The molecule has 1 aromatic rings. The van der Waals surface area contributed by atoms with Gasteiger partial charge in [-0.3, -0.25) is 9.59 Å². The zero-order valence-electron chi connectivity index (χ0n) is 11.9. The van der Waals surface area contributed by atoms with Gasteiger partial charge in [-0.15, -0.1) is 0 Å². The molecule has 0 saturated heterocycles. The minimum absolute atomic E-state index is 0.154. The molecule has 0 aromatic heterocycles. The van der Waals surface area contributed by atoms with Gasteiger partial charge in [-0.2, -0.15) is 0 Å². The van der Waals surface area contributed by atoms with Crippen LogP contribution in [0.3, 0.4) is 0 Å². The van der Waals surface area contributed by atoms with Crippen LogP contribution in [-0.4, -0.2) is 36.0 Å². The summed E-state index contributed by atoms with van der Waals surface area (Å²) in [4.78, 5) is 25.0. The van der Waals surface area contributed by atoms with Crippen LogP contribution < -0.4 is 5.73 Å². The lowest BCUT2D eigenvalue weighted by atomic mass is 9.84. The number of carbonyl (C=O) groups excluding carboxylic acids is 2. The number of carbonyl (C=O) groups is 2. The summed E-state index contributed by atoms with van der Waals surface area (Å²) in [5.74, 6) is -1.75. The van der Waals surface area contributed by atoms with Crippen LogP contribution in [0.15, 0.2) is 12.1 Å². The van der Waals surface area contributed by atoms with E-state index in [1.807, 2.05) is 0 Å². The number of hydrogen-bond acceptors (Lipinski definition) is 2. The Hall–Kier alpha value is -1.98. The van der Waals surface area contributed by atoms with E-state index < -0.39 is 23.3 Å². The molecule has 2 atom stereocenters. The van der Waals surface area contributed by atoms with E-state index in [1.165, 1.54) is 11.0 Å². The van der Waals surface area contributed by atoms with E-state index in [0.717, 1.165) is 12.8 Å². The molecule has 1 aliphatic heterocycles. The molecule has 2 aliphatic carbocycles. The molecular formula is C16H16F2N2O2. The highest BCUT2D eigenvalue weighted by Gasteiger charge is 2.54. The number of halogens is 2. The summed E-state index contributed by atoms with van der Waals surface area (Å²) in [6.07, 6.45) is 0.914. The van der Waals surface area contributed by atoms with Crippen LogP contribution in [-0.2, 0) is 10.2 Å². The third kappa shape index (κ3) is 1.86. The lowest BCUT2D eigenvalue weighted by molar-refractivity contribution is -0.118. The highest BCUT2D eigenvalue weighted by Crippen LogP contribution is 2.55. The van der Waals surface area contributed by atoms with E-state index in [2.05, 4.69) is 0 Å². The van der Waals surface area contributed by atoms with Crippen molar-refractivity contribution in [2.24, 2.45) is 5.73 Å². The molecule has 22 heavy (non-hydrogen) atoms. The summed E-state index contributed by atoms with van der Waals surface area (Å²) < 4.78 is 28.2. The normalized spacial score (nSPS) is 27.7. The Morgan fingerprint density at radius 1 is 1.41 bits per heavy atom. The Balaban J connectivity index is 1.79. The molecule has 1 spiro atoms. The zero-order chi connectivity index (χ0) is 15.6. The molecule has 1 heterocycles. The second-order valence-electron chi connectivity index (χ2n) is 6.66. The molecule has 2 amide bonds. The Labute approximate surface area is 126 Å². The summed E-state index contributed by atoms with van der Waals surface area (Å²) in [6.45, 7) is 0.157. The van der Waals surface area contributed by atoms with Gasteiger partial charge in [0, 0.05) is 29.0 Å². The predicted octanol–water partition coefficient (Wildman–Crippen LogP) is 1.62. The maximum absolute atomic E-state index is 14.9. The molecule has 2 unspecified atom stereocenters. The molecule has 0 bridgehead atoms. The van der Waals surface area contributed by atoms with Gasteiger partial charge in [0.05, 0.1) is 6.54 Å². The molecular weight excluding hydrogens is 290 g/mol. The third-order valence-electron chi connectivity index (χ3n) is 5.03. The highest BCUT2D eigenvalue weighted by molar-refractivity contribution is 5.99. The smallest absolute Gasteiger partial charge is 0.254 e. The van der Waals surface area contributed by atoms with E-state index in [-0.39, 0.29) is 18.4 Å². The fourth-order valence-corrected chi connectivity index (χ4v) is 3.62. The van der Waals surface area contributed by atoms with Crippen molar-refractivity contribution in [3.05, 3.63) is 34.6 Å². The van der Waals surface area contributed by atoms with Crippen LogP contribution in [0.1, 0.15) is 46.7 Å². The highest BCUT2D eigenvalue weighted by atomic mass is 19.1. The standard InChI is InChI=1S/C16H16F2N2O2/c17-11-5-10(11)8-1-2-9-13(14(8)18)16(3-4-16)7-20(15(9)22)6-12(19)21/h1-2,10-11H,3-7H2,(H2,19,21). The van der Waals surface area contributed by atoms with E-state index in [0.29, 0.717) is 29.7 Å². The fourth-order valence-electron chi connectivity index (χ4n) is 3.62. The molecule has 116 valence electrons. The quantitative estimate of drug-likeness (QED) is 0.922. The van der Waals surface area contributed by atoms with Gasteiger partial charge in [0.25, 0.3) is 5.91 Å². The largest absolute Gasteiger partial charge is 0.368 e. The Morgan fingerprint density at radius 3 is 2.64 bits per heavy atom. The Morgan fingerprint density at radius 2 is 2.09 bits per heavy atom. The van der Waals surface area contributed by atoms with Crippen molar-refractivity contribution in [2.75, 3.05) is 13.1 Å². The summed E-state index contributed by atoms with van der Waals surface area (Å²) in [5, 5.41) is 0. The molecule has 2 saturated carbocycles. The van der Waals surface area contributed by atoms with Crippen molar-refractivity contribution in [3.63, 3.8) is 0 Å². The molecule has 2 fully saturated rings. The topological polar surface area (TPSA) is 63.4 Å². The van der Waals surface area contributed by atoms with Crippen LogP contribution in [0.5, 0.6) is 0 Å². The van der Waals surface area contributed by atoms with E-state index >= 15 is 0 Å². The molecule has 4 rings (SSSR count). The van der Waals surface area contributed by atoms with Crippen LogP contribution >= 0.6 is 0 Å². The molecule has 3 aliphatic rings. The third-order valence-corrected chi connectivity index (χ3v) is 5.03. The lowest BCUT2D eigenvalue weighted by Crippen LogP contribution is -2.47. The first-order valence-electron chi connectivity index (χ1n) is 7.47. The van der Waals surface area contributed by atoms with Gasteiger partial charge in [0.2, 0.25) is 5.91 Å². The van der Waals surface area contributed by atoms with Gasteiger partial charge in [-0.25, -0.2) is 8.78 Å². The van der Waals surface area contributed by atoms with Crippen molar-refractivity contribution < 1.29 is 18.4 Å². The lowest BCUT2D eigenvalue weighted by Gasteiger charge is -2.34. The molecule has 0 radical (unpaired) electrons. The maximum atomic E-state index is 14.9. The van der Waals surface area contributed by atoms with Crippen LogP contribution in [0, 0.1) is 5.82 Å². The summed E-state index contributed by atoms with van der Waals surface area (Å²) in [5.41, 5.74) is 5.87. The number of nitrogens with two attached hydrogens (primary N) is 1. The first-order valence-corrected chi connectivity index (χ1v) is 7.47. The SMILES string of the molecule is NC(=O)CN1CC2(CC2)c2c(ccc(C3CC3F)c2F)C1=O. The second-order valence-corrected chi connectivity index (χ2v) is 6.66. The number of benzene rings is 1. The van der Waals surface area contributed by atoms with Crippen molar-refractivity contribution in [2.45, 2.75) is 36.8 Å².